The van der Waals surface area contributed by atoms with Gasteiger partial charge < -0.3 is 5.73 Å². The Labute approximate surface area is 107 Å². The fourth-order valence-corrected chi connectivity index (χ4v) is 2.93. The highest BCUT2D eigenvalue weighted by molar-refractivity contribution is 7.09. The molecule has 0 bridgehead atoms. The molecule has 2 N–H and O–H groups in total. The summed E-state index contributed by atoms with van der Waals surface area (Å²) >= 11 is 1.76. The predicted octanol–water partition coefficient (Wildman–Crippen LogP) is 2.04. The standard InChI is InChI=1S/C11H19N3S.ClH/c1-8(12)10-3-4-14(5-10)6-11-9(2)13-7-15-11;/h7-8,10H,3-6,12H2,1-2H3;1H. The highest BCUT2D eigenvalue weighted by atomic mass is 35.5. The highest BCUT2D eigenvalue weighted by Crippen LogP contribution is 2.22. The Hall–Kier alpha value is -0.160. The number of aromatic nitrogens is 1. The zero-order chi connectivity index (χ0) is 10.8. The van der Waals surface area contributed by atoms with Crippen molar-refractivity contribution in [2.24, 2.45) is 11.7 Å². The number of halogens is 1. The normalized spacial score (nSPS) is 23.1. The third-order valence-corrected chi connectivity index (χ3v) is 4.18. The van der Waals surface area contributed by atoms with Crippen LogP contribution in [0.25, 0.3) is 0 Å². The van der Waals surface area contributed by atoms with E-state index in [0.29, 0.717) is 12.0 Å². The van der Waals surface area contributed by atoms with Gasteiger partial charge in [-0.25, -0.2) is 4.98 Å². The fourth-order valence-electron chi connectivity index (χ4n) is 2.12. The van der Waals surface area contributed by atoms with Crippen LogP contribution < -0.4 is 5.73 Å². The summed E-state index contributed by atoms with van der Waals surface area (Å²) in [4.78, 5) is 8.18. The van der Waals surface area contributed by atoms with Gasteiger partial charge in [0.05, 0.1) is 11.2 Å². The monoisotopic (exact) mass is 261 g/mol. The van der Waals surface area contributed by atoms with Crippen molar-refractivity contribution in [2.75, 3.05) is 13.1 Å². The molecule has 0 spiro atoms. The maximum Gasteiger partial charge on any atom is 0.0798 e. The molecule has 0 saturated carbocycles. The number of hydrogen-bond acceptors (Lipinski definition) is 4. The van der Waals surface area contributed by atoms with Gasteiger partial charge >= 0.3 is 0 Å². The second-order valence-corrected chi connectivity index (χ2v) is 5.44. The molecule has 2 rings (SSSR count). The quantitative estimate of drug-likeness (QED) is 0.906. The molecular formula is C11H20ClN3S. The number of nitrogens with two attached hydrogens (primary N) is 1. The van der Waals surface area contributed by atoms with Crippen molar-refractivity contribution < 1.29 is 0 Å². The first kappa shape index (κ1) is 13.9. The third kappa shape index (κ3) is 3.17. The van der Waals surface area contributed by atoms with E-state index in [4.69, 9.17) is 5.73 Å². The SMILES string of the molecule is Cc1ncsc1CN1CCC(C(C)N)C1.Cl. The van der Waals surface area contributed by atoms with Crippen LogP contribution in [-0.4, -0.2) is 29.0 Å². The topological polar surface area (TPSA) is 42.2 Å². The molecule has 1 aliphatic rings. The summed E-state index contributed by atoms with van der Waals surface area (Å²) in [6, 6.07) is 0.331. The summed E-state index contributed by atoms with van der Waals surface area (Å²) in [5.41, 5.74) is 9.05. The molecule has 2 unspecified atom stereocenters. The maximum atomic E-state index is 5.93. The van der Waals surface area contributed by atoms with Crippen LogP contribution in [0.3, 0.4) is 0 Å². The molecule has 0 aromatic carbocycles. The van der Waals surface area contributed by atoms with E-state index in [1.807, 2.05) is 5.51 Å². The lowest BCUT2D eigenvalue weighted by Gasteiger charge is -2.17. The summed E-state index contributed by atoms with van der Waals surface area (Å²) < 4.78 is 0. The van der Waals surface area contributed by atoms with Crippen LogP contribution in [-0.2, 0) is 6.54 Å². The minimum atomic E-state index is 0. The lowest BCUT2D eigenvalue weighted by Crippen LogP contribution is -2.29. The molecule has 1 saturated heterocycles. The van der Waals surface area contributed by atoms with Gasteiger partial charge in [-0.05, 0) is 32.7 Å². The molecule has 0 radical (unpaired) electrons. The lowest BCUT2D eigenvalue weighted by atomic mass is 10.0. The van der Waals surface area contributed by atoms with Crippen molar-refractivity contribution >= 4 is 23.7 Å². The van der Waals surface area contributed by atoms with E-state index < -0.39 is 0 Å². The van der Waals surface area contributed by atoms with Gasteiger partial charge in [-0.2, -0.15) is 0 Å². The Bertz CT molecular complexity index is 327. The third-order valence-electron chi connectivity index (χ3n) is 3.26. The Morgan fingerprint density at radius 3 is 2.94 bits per heavy atom. The van der Waals surface area contributed by atoms with Crippen molar-refractivity contribution in [1.82, 2.24) is 9.88 Å². The number of likely N-dealkylation sites (tertiary alicyclic amines) is 1. The van der Waals surface area contributed by atoms with Gasteiger partial charge in [0.15, 0.2) is 0 Å². The van der Waals surface area contributed by atoms with Crippen molar-refractivity contribution in [3.63, 3.8) is 0 Å². The smallest absolute Gasteiger partial charge is 0.0798 e. The lowest BCUT2D eigenvalue weighted by molar-refractivity contribution is 0.310. The highest BCUT2D eigenvalue weighted by Gasteiger charge is 2.25. The van der Waals surface area contributed by atoms with Crippen LogP contribution in [0, 0.1) is 12.8 Å². The summed E-state index contributed by atoms with van der Waals surface area (Å²) in [6.45, 7) is 7.59. The minimum absolute atomic E-state index is 0. The molecule has 3 nitrogen and oxygen atoms in total. The number of rotatable bonds is 3. The predicted molar refractivity (Wildman–Crippen MR) is 71.1 cm³/mol. The summed E-state index contributed by atoms with van der Waals surface area (Å²) in [7, 11) is 0. The van der Waals surface area contributed by atoms with E-state index in [2.05, 4.69) is 23.7 Å². The first-order chi connectivity index (χ1) is 7.16. The number of nitrogens with zero attached hydrogens (tertiary/aromatic N) is 2. The fraction of sp³-hybridized carbons (Fsp3) is 0.727. The Kier molecular flexibility index (Phi) is 5.18. The van der Waals surface area contributed by atoms with Gasteiger partial charge in [0, 0.05) is 24.0 Å². The van der Waals surface area contributed by atoms with Crippen LogP contribution in [0.5, 0.6) is 0 Å². The van der Waals surface area contributed by atoms with Gasteiger partial charge in [0.1, 0.15) is 0 Å². The van der Waals surface area contributed by atoms with E-state index >= 15 is 0 Å². The van der Waals surface area contributed by atoms with E-state index in [1.54, 1.807) is 11.3 Å². The van der Waals surface area contributed by atoms with Gasteiger partial charge in [-0.15, -0.1) is 23.7 Å². The van der Waals surface area contributed by atoms with Gasteiger partial charge in [0.2, 0.25) is 0 Å². The summed E-state index contributed by atoms with van der Waals surface area (Å²) in [5, 5.41) is 0. The molecule has 1 aliphatic heterocycles. The van der Waals surface area contributed by atoms with Crippen LogP contribution in [0.15, 0.2) is 5.51 Å². The molecule has 2 atom stereocenters. The van der Waals surface area contributed by atoms with E-state index in [-0.39, 0.29) is 12.4 Å². The minimum Gasteiger partial charge on any atom is -0.328 e. The zero-order valence-corrected chi connectivity index (χ0v) is 11.5. The molecule has 1 fully saturated rings. The van der Waals surface area contributed by atoms with Crippen molar-refractivity contribution in [2.45, 2.75) is 32.9 Å². The summed E-state index contributed by atoms with van der Waals surface area (Å²) in [5.74, 6) is 0.679. The number of hydrogen-bond donors (Lipinski definition) is 1. The first-order valence-electron chi connectivity index (χ1n) is 5.53. The maximum absolute atomic E-state index is 5.93. The van der Waals surface area contributed by atoms with Crippen LogP contribution >= 0.6 is 23.7 Å². The Morgan fingerprint density at radius 1 is 1.69 bits per heavy atom. The summed E-state index contributed by atoms with van der Waals surface area (Å²) in [6.07, 6.45) is 1.25. The largest absolute Gasteiger partial charge is 0.328 e. The molecule has 1 aromatic heterocycles. The Morgan fingerprint density at radius 2 is 2.44 bits per heavy atom. The zero-order valence-electron chi connectivity index (χ0n) is 9.85. The Balaban J connectivity index is 0.00000128. The van der Waals surface area contributed by atoms with Crippen LogP contribution in [0.2, 0.25) is 0 Å². The average molecular weight is 262 g/mol. The molecule has 0 amide bonds. The first-order valence-corrected chi connectivity index (χ1v) is 6.41. The molecular weight excluding hydrogens is 242 g/mol. The van der Waals surface area contributed by atoms with E-state index in [1.165, 1.54) is 23.5 Å². The molecule has 0 aliphatic carbocycles. The van der Waals surface area contributed by atoms with E-state index in [9.17, 15) is 0 Å². The molecule has 16 heavy (non-hydrogen) atoms. The van der Waals surface area contributed by atoms with Crippen molar-refractivity contribution in [1.29, 1.82) is 0 Å². The van der Waals surface area contributed by atoms with Gasteiger partial charge in [-0.1, -0.05) is 0 Å². The van der Waals surface area contributed by atoms with Gasteiger partial charge in [-0.3, -0.25) is 4.90 Å². The average Bonchev–Trinajstić information content (AvgIpc) is 2.77. The van der Waals surface area contributed by atoms with E-state index in [0.717, 1.165) is 13.1 Å². The van der Waals surface area contributed by atoms with Gasteiger partial charge in [0.25, 0.3) is 0 Å². The van der Waals surface area contributed by atoms with Crippen LogP contribution in [0.4, 0.5) is 0 Å². The second-order valence-electron chi connectivity index (χ2n) is 4.50. The number of thiazole rings is 1. The molecule has 1 aromatic rings. The second kappa shape index (κ2) is 5.96. The number of aryl methyl sites for hydroxylation is 1. The molecule has 5 heteroatoms. The molecule has 92 valence electrons. The van der Waals surface area contributed by atoms with Crippen molar-refractivity contribution in [3.05, 3.63) is 16.1 Å². The van der Waals surface area contributed by atoms with Crippen molar-refractivity contribution in [3.8, 4) is 0 Å². The molecule has 2 heterocycles. The van der Waals surface area contributed by atoms with Crippen LogP contribution in [0.1, 0.15) is 23.9 Å².